The maximum Gasteiger partial charge on any atom is 0.472 e. The molecule has 0 aromatic carbocycles. The minimum Gasteiger partial charge on any atom is -0.462 e. The van der Waals surface area contributed by atoms with E-state index in [2.05, 4.69) is 34.6 Å². The minimum atomic E-state index is -4.95. The first kappa shape index (κ1) is 90.1. The fraction of sp³-hybridized carbons (Fsp3) is 0.945. The van der Waals surface area contributed by atoms with E-state index < -0.39 is 97.5 Å². The van der Waals surface area contributed by atoms with Crippen molar-refractivity contribution < 1.29 is 80.2 Å². The van der Waals surface area contributed by atoms with Gasteiger partial charge in [-0.2, -0.15) is 0 Å². The monoisotopic (exact) mass is 1350 g/mol. The number of aliphatic hydroxyl groups excluding tert-OH is 1. The molecule has 2 unspecified atom stereocenters. The van der Waals surface area contributed by atoms with E-state index in [0.29, 0.717) is 31.6 Å². The molecule has 17 nitrogen and oxygen atoms in total. The van der Waals surface area contributed by atoms with Crippen LogP contribution >= 0.6 is 15.6 Å². The normalized spacial score (nSPS) is 14.0. The zero-order chi connectivity index (χ0) is 67.7. The van der Waals surface area contributed by atoms with Crippen LogP contribution in [0.15, 0.2) is 0 Å². The molecule has 0 saturated heterocycles. The van der Waals surface area contributed by atoms with E-state index in [1.54, 1.807) is 0 Å². The molecule has 0 aromatic heterocycles. The van der Waals surface area contributed by atoms with E-state index >= 15 is 0 Å². The smallest absolute Gasteiger partial charge is 0.462 e. The maximum atomic E-state index is 13.1. The van der Waals surface area contributed by atoms with Gasteiger partial charge in [-0.25, -0.2) is 9.13 Å². The summed E-state index contributed by atoms with van der Waals surface area (Å²) in [6.07, 6.45) is 54.5. The lowest BCUT2D eigenvalue weighted by atomic mass is 10.0. The fourth-order valence-corrected chi connectivity index (χ4v) is 12.8. The van der Waals surface area contributed by atoms with Gasteiger partial charge in [0.2, 0.25) is 0 Å². The van der Waals surface area contributed by atoms with Gasteiger partial charge in [0.15, 0.2) is 12.2 Å². The molecule has 0 aromatic rings. The van der Waals surface area contributed by atoms with E-state index in [-0.39, 0.29) is 25.7 Å². The van der Waals surface area contributed by atoms with Crippen molar-refractivity contribution in [1.82, 2.24) is 0 Å². The zero-order valence-electron chi connectivity index (χ0n) is 59.7. The Labute approximate surface area is 562 Å². The van der Waals surface area contributed by atoms with Crippen LogP contribution in [0.2, 0.25) is 0 Å². The Hall–Kier alpha value is -1.94. The molecule has 0 bridgehead atoms. The van der Waals surface area contributed by atoms with Crippen LogP contribution in [0.25, 0.3) is 0 Å². The Morgan fingerprint density at radius 2 is 0.500 bits per heavy atom. The Kier molecular flexibility index (Phi) is 64.9. The van der Waals surface area contributed by atoms with Gasteiger partial charge in [0.25, 0.3) is 0 Å². The second kappa shape index (κ2) is 66.3. The number of ether oxygens (including phenoxy) is 4. The van der Waals surface area contributed by atoms with Crippen LogP contribution in [0.5, 0.6) is 0 Å². The third-order valence-corrected chi connectivity index (χ3v) is 18.9. The molecule has 0 aliphatic rings. The van der Waals surface area contributed by atoms with Gasteiger partial charge >= 0.3 is 39.5 Å². The number of unbranched alkanes of at least 4 members (excludes halogenated alkanes) is 45. The standard InChI is InChI=1S/C73H142O17P2/c1-6-9-12-15-18-21-23-25-27-28-29-30-31-33-35-37-39-42-48-53-58-72(77)89-68(62-84-71(76)57-52-47-41-38-36-34-32-26-24-22-19-16-13-10-7-2)64-87-91(79,80)85-60-67(74)61-86-92(81,82)88-65-69(63-83-70(75)56-51-46-40-20-17-14-11-8-3)90-73(78)59-54-49-44-43-45-50-55-66(4)5/h66-69,74H,6-65H2,1-5H3,(H,79,80)(H,81,82)/t67-,68-,69-/m1/s1. The Morgan fingerprint density at radius 3 is 0.739 bits per heavy atom. The average Bonchev–Trinajstić information content (AvgIpc) is 1.54. The summed E-state index contributed by atoms with van der Waals surface area (Å²) in [4.78, 5) is 72.5. The van der Waals surface area contributed by atoms with Gasteiger partial charge in [0.05, 0.1) is 26.4 Å². The summed E-state index contributed by atoms with van der Waals surface area (Å²) in [7, 11) is -9.90. The molecular formula is C73H142O17P2. The fourth-order valence-electron chi connectivity index (χ4n) is 11.2. The molecule has 0 fully saturated rings. The quantitative estimate of drug-likeness (QED) is 0.0222. The van der Waals surface area contributed by atoms with Crippen molar-refractivity contribution in [3.05, 3.63) is 0 Å². The summed E-state index contributed by atoms with van der Waals surface area (Å²) in [5.41, 5.74) is 0. The van der Waals surface area contributed by atoms with Crippen molar-refractivity contribution in [3.63, 3.8) is 0 Å². The number of rotatable bonds is 73. The lowest BCUT2D eigenvalue weighted by Crippen LogP contribution is -2.30. The lowest BCUT2D eigenvalue weighted by Gasteiger charge is -2.21. The Bertz CT molecular complexity index is 1770. The first-order valence-electron chi connectivity index (χ1n) is 38.1. The van der Waals surface area contributed by atoms with Gasteiger partial charge in [-0.1, -0.05) is 330 Å². The van der Waals surface area contributed by atoms with Gasteiger partial charge in [-0.3, -0.25) is 37.3 Å². The second-order valence-electron chi connectivity index (χ2n) is 26.8. The number of esters is 4. The largest absolute Gasteiger partial charge is 0.472 e. The first-order chi connectivity index (χ1) is 44.5. The number of carbonyl (C=O) groups excluding carboxylic acids is 4. The first-order valence-corrected chi connectivity index (χ1v) is 41.1. The number of phosphoric ester groups is 2. The summed E-state index contributed by atoms with van der Waals surface area (Å²) >= 11 is 0. The van der Waals surface area contributed by atoms with Gasteiger partial charge in [-0.05, 0) is 31.6 Å². The summed E-state index contributed by atoms with van der Waals surface area (Å²) in [5.74, 6) is -1.46. The summed E-state index contributed by atoms with van der Waals surface area (Å²) in [5, 5.41) is 10.6. The Balaban J connectivity index is 5.17. The zero-order valence-corrected chi connectivity index (χ0v) is 61.5. The van der Waals surface area contributed by atoms with E-state index in [9.17, 15) is 43.2 Å². The van der Waals surface area contributed by atoms with Crippen LogP contribution in [-0.2, 0) is 65.4 Å². The number of hydrogen-bond donors (Lipinski definition) is 3. The van der Waals surface area contributed by atoms with Crippen molar-refractivity contribution in [2.24, 2.45) is 5.92 Å². The molecule has 0 radical (unpaired) electrons. The summed E-state index contributed by atoms with van der Waals surface area (Å²) in [6, 6.07) is 0. The molecule has 3 N–H and O–H groups in total. The summed E-state index contributed by atoms with van der Waals surface area (Å²) in [6.45, 7) is 7.15. The molecule has 0 aliphatic carbocycles. The van der Waals surface area contributed by atoms with E-state index in [4.69, 9.17) is 37.0 Å². The topological polar surface area (TPSA) is 237 Å². The maximum absolute atomic E-state index is 13.1. The lowest BCUT2D eigenvalue weighted by molar-refractivity contribution is -0.161. The molecule has 5 atom stereocenters. The molecular weight excluding hydrogens is 1210 g/mol. The van der Waals surface area contributed by atoms with Crippen LogP contribution in [0.4, 0.5) is 0 Å². The minimum absolute atomic E-state index is 0.102. The third-order valence-electron chi connectivity index (χ3n) is 17.0. The molecule has 0 rings (SSSR count). The average molecular weight is 1350 g/mol. The highest BCUT2D eigenvalue weighted by Crippen LogP contribution is 2.45. The van der Waals surface area contributed by atoms with Crippen LogP contribution in [0.3, 0.4) is 0 Å². The third kappa shape index (κ3) is 66.7. The molecule has 546 valence electrons. The van der Waals surface area contributed by atoms with Gasteiger partial charge in [-0.15, -0.1) is 0 Å². The van der Waals surface area contributed by atoms with E-state index in [1.807, 2.05) is 0 Å². The molecule has 92 heavy (non-hydrogen) atoms. The number of aliphatic hydroxyl groups is 1. The van der Waals surface area contributed by atoms with Gasteiger partial charge < -0.3 is 33.8 Å². The highest BCUT2D eigenvalue weighted by atomic mass is 31.2. The van der Waals surface area contributed by atoms with E-state index in [1.165, 1.54) is 199 Å². The van der Waals surface area contributed by atoms with Crippen molar-refractivity contribution in [1.29, 1.82) is 0 Å². The highest BCUT2D eigenvalue weighted by Gasteiger charge is 2.30. The van der Waals surface area contributed by atoms with Crippen LogP contribution in [0, 0.1) is 5.92 Å². The molecule has 0 spiro atoms. The van der Waals surface area contributed by atoms with E-state index in [0.717, 1.165) is 96.3 Å². The van der Waals surface area contributed by atoms with Gasteiger partial charge in [0, 0.05) is 25.7 Å². The molecule has 0 aliphatic heterocycles. The van der Waals surface area contributed by atoms with Crippen LogP contribution in [0.1, 0.15) is 381 Å². The van der Waals surface area contributed by atoms with Gasteiger partial charge in [0.1, 0.15) is 19.3 Å². The van der Waals surface area contributed by atoms with Crippen LogP contribution < -0.4 is 0 Å². The molecule has 0 amide bonds. The SMILES string of the molecule is CCCCCCCCCCCCCCCCCCCCCCC(=O)O[C@H](COC(=O)CCCCCCCCCCCCCCCCC)COP(=O)(O)OC[C@@H](O)COP(=O)(O)OC[C@@H](COC(=O)CCCCCCCCCC)OC(=O)CCCCCCCCC(C)C. The molecule has 0 heterocycles. The van der Waals surface area contributed by atoms with Crippen molar-refractivity contribution in [2.75, 3.05) is 39.6 Å². The summed E-state index contributed by atoms with van der Waals surface area (Å²) < 4.78 is 68.3. The number of hydrogen-bond acceptors (Lipinski definition) is 15. The second-order valence-corrected chi connectivity index (χ2v) is 29.7. The number of phosphoric acid groups is 2. The predicted octanol–water partition coefficient (Wildman–Crippen LogP) is 21.3. The molecule has 19 heteroatoms. The van der Waals surface area contributed by atoms with Crippen molar-refractivity contribution >= 4 is 39.5 Å². The van der Waals surface area contributed by atoms with Crippen molar-refractivity contribution in [3.8, 4) is 0 Å². The highest BCUT2D eigenvalue weighted by molar-refractivity contribution is 7.47. The Morgan fingerprint density at radius 1 is 0.293 bits per heavy atom. The predicted molar refractivity (Wildman–Crippen MR) is 372 cm³/mol. The van der Waals surface area contributed by atoms with Crippen LogP contribution in [-0.4, -0.2) is 96.7 Å². The van der Waals surface area contributed by atoms with Crippen molar-refractivity contribution in [2.45, 2.75) is 400 Å². The number of carbonyl (C=O) groups is 4. The molecule has 0 saturated carbocycles.